The van der Waals surface area contributed by atoms with E-state index in [2.05, 4.69) is 21.8 Å². The number of ether oxygens (including phenoxy) is 1. The van der Waals surface area contributed by atoms with Crippen LogP contribution in [0.4, 0.5) is 4.79 Å². The predicted molar refractivity (Wildman–Crippen MR) is 132 cm³/mol. The summed E-state index contributed by atoms with van der Waals surface area (Å²) in [5.41, 5.74) is 1.62. The molecule has 1 N–H and O–H groups in total. The van der Waals surface area contributed by atoms with Gasteiger partial charge >= 0.3 is 6.03 Å². The van der Waals surface area contributed by atoms with Crippen LogP contribution in [0.5, 0.6) is 5.75 Å². The Morgan fingerprint density at radius 2 is 1.64 bits per heavy atom. The van der Waals surface area contributed by atoms with Gasteiger partial charge in [0, 0.05) is 12.8 Å². The molecule has 3 rings (SSSR count). The van der Waals surface area contributed by atoms with E-state index in [9.17, 15) is 9.59 Å². The van der Waals surface area contributed by atoms with Gasteiger partial charge in [0.25, 0.3) is 5.91 Å². The Labute approximate surface area is 202 Å². The van der Waals surface area contributed by atoms with Gasteiger partial charge in [-0.15, -0.1) is 0 Å². The first-order valence-corrected chi connectivity index (χ1v) is 12.1. The third-order valence-electron chi connectivity index (χ3n) is 7.30. The molecule has 3 amide bonds. The van der Waals surface area contributed by atoms with E-state index in [1.54, 1.807) is 19.2 Å². The Bertz CT molecular complexity index is 954. The van der Waals surface area contributed by atoms with Gasteiger partial charge in [0.1, 0.15) is 5.75 Å². The highest BCUT2D eigenvalue weighted by Gasteiger charge is 2.44. The Kier molecular flexibility index (Phi) is 8.69. The van der Waals surface area contributed by atoms with Crippen molar-refractivity contribution in [1.29, 1.82) is 0 Å². The maximum absolute atomic E-state index is 13.2. The molecule has 6 nitrogen and oxygen atoms in total. The van der Waals surface area contributed by atoms with Gasteiger partial charge in [0.15, 0.2) is 0 Å². The second-order valence-corrected chi connectivity index (χ2v) is 8.85. The predicted octanol–water partition coefficient (Wildman–Crippen LogP) is 5.43. The topological polar surface area (TPSA) is 67.8 Å². The van der Waals surface area contributed by atoms with Crippen molar-refractivity contribution in [1.82, 2.24) is 5.32 Å². The molecular weight excluding hydrogens is 434 g/mol. The van der Waals surface area contributed by atoms with Crippen LogP contribution in [-0.4, -0.2) is 42.7 Å². The van der Waals surface area contributed by atoms with Crippen molar-refractivity contribution in [2.45, 2.75) is 51.6 Å². The SMILES string of the molecule is CC[N+](CC)(C(=O)N=S)C1CCC(C(NC(=O)c2ccccc2OC)c2ccccc2)CC1. The summed E-state index contributed by atoms with van der Waals surface area (Å²) in [6.45, 7) is 5.46. The Morgan fingerprint density at radius 3 is 2.21 bits per heavy atom. The number of carbonyl (C=O) groups is 2. The maximum Gasteiger partial charge on any atom is 0.454 e. The van der Waals surface area contributed by atoms with Crippen LogP contribution >= 0.6 is 0 Å². The lowest BCUT2D eigenvalue weighted by molar-refractivity contribution is -0.873. The van der Waals surface area contributed by atoms with E-state index >= 15 is 0 Å². The smallest absolute Gasteiger partial charge is 0.454 e. The third-order valence-corrected chi connectivity index (χ3v) is 7.45. The van der Waals surface area contributed by atoms with Gasteiger partial charge in [-0.25, -0.2) is 9.28 Å². The number of rotatable bonds is 8. The average molecular weight is 469 g/mol. The minimum atomic E-state index is -0.206. The van der Waals surface area contributed by atoms with Gasteiger partial charge in [-0.1, -0.05) is 46.8 Å². The molecule has 0 spiro atoms. The molecular formula is C26H34N3O3S+. The first kappa shape index (κ1) is 25.0. The minimum absolute atomic E-state index is 0.117. The van der Waals surface area contributed by atoms with Gasteiger partial charge in [0.2, 0.25) is 0 Å². The van der Waals surface area contributed by atoms with Crippen LogP contribution < -0.4 is 10.1 Å². The molecule has 0 aromatic heterocycles. The molecule has 1 aliphatic carbocycles. The molecule has 1 aliphatic rings. The monoisotopic (exact) mass is 468 g/mol. The van der Waals surface area contributed by atoms with Crippen LogP contribution in [0.2, 0.25) is 0 Å². The number of carbonyl (C=O) groups excluding carboxylic acids is 2. The van der Waals surface area contributed by atoms with Crippen LogP contribution in [0.3, 0.4) is 0 Å². The van der Waals surface area contributed by atoms with E-state index in [4.69, 9.17) is 17.2 Å². The lowest BCUT2D eigenvalue weighted by Gasteiger charge is -2.43. The number of para-hydroxylation sites is 1. The molecule has 0 aliphatic heterocycles. The zero-order valence-electron chi connectivity index (χ0n) is 19.7. The second-order valence-electron chi connectivity index (χ2n) is 8.67. The van der Waals surface area contributed by atoms with Gasteiger partial charge in [-0.05, 0) is 50.3 Å². The molecule has 0 radical (unpaired) electrons. The molecule has 33 heavy (non-hydrogen) atoms. The number of quaternary nitrogens is 1. The van der Waals surface area contributed by atoms with Crippen molar-refractivity contribution < 1.29 is 18.8 Å². The van der Waals surface area contributed by atoms with E-state index in [-0.39, 0.29) is 29.9 Å². The van der Waals surface area contributed by atoms with Crippen molar-refractivity contribution in [3.05, 3.63) is 65.7 Å². The summed E-state index contributed by atoms with van der Waals surface area (Å²) in [5.74, 6) is 0.689. The third kappa shape index (κ3) is 5.31. The number of amides is 3. The summed E-state index contributed by atoms with van der Waals surface area (Å²) in [4.78, 5) is 25.9. The van der Waals surface area contributed by atoms with Crippen LogP contribution in [0.1, 0.15) is 61.5 Å². The largest absolute Gasteiger partial charge is 0.496 e. The van der Waals surface area contributed by atoms with Gasteiger partial charge in [-0.2, -0.15) is 0 Å². The highest BCUT2D eigenvalue weighted by atomic mass is 32.1. The van der Waals surface area contributed by atoms with Crippen LogP contribution in [0, 0.1) is 5.92 Å². The van der Waals surface area contributed by atoms with Crippen molar-refractivity contribution in [2.24, 2.45) is 10.3 Å². The van der Waals surface area contributed by atoms with E-state index < -0.39 is 0 Å². The molecule has 0 saturated heterocycles. The summed E-state index contributed by atoms with van der Waals surface area (Å²) >= 11 is 4.77. The fraction of sp³-hybridized carbons (Fsp3) is 0.462. The number of nitrogens with one attached hydrogen (secondary N) is 1. The first-order chi connectivity index (χ1) is 16.0. The number of methoxy groups -OCH3 is 1. The standard InChI is InChI=1S/C26H33N3O3S/c1-4-29(5-2,26(31)28-33)21-17-15-20(16-18-21)24(19-11-7-6-8-12-19)27-25(30)22-13-9-10-14-23(22)32-3/h6-14,20-21,24H,4-5,15-18H2,1-3H3/p+1. The summed E-state index contributed by atoms with van der Waals surface area (Å²) in [5, 5.41) is 3.28. The average Bonchev–Trinajstić information content (AvgIpc) is 2.88. The number of hydrogen-bond donors (Lipinski definition) is 1. The molecule has 0 bridgehead atoms. The molecule has 7 heteroatoms. The minimum Gasteiger partial charge on any atom is -0.496 e. The first-order valence-electron chi connectivity index (χ1n) is 11.7. The Balaban J connectivity index is 1.82. The number of hydrogen-bond acceptors (Lipinski definition) is 4. The number of nitrogens with zero attached hydrogens (tertiary/aromatic N) is 2. The second kappa shape index (κ2) is 11.5. The fourth-order valence-corrected chi connectivity index (χ4v) is 5.52. The van der Waals surface area contributed by atoms with E-state index in [1.807, 2.05) is 44.2 Å². The van der Waals surface area contributed by atoms with Gasteiger partial charge in [0.05, 0.1) is 50.3 Å². The van der Waals surface area contributed by atoms with Crippen molar-refractivity contribution >= 4 is 24.4 Å². The Hall–Kier alpha value is -2.64. The van der Waals surface area contributed by atoms with Crippen LogP contribution in [-0.2, 0) is 12.4 Å². The highest BCUT2D eigenvalue weighted by Crippen LogP contribution is 2.39. The molecule has 1 atom stereocenters. The Morgan fingerprint density at radius 1 is 1.03 bits per heavy atom. The van der Waals surface area contributed by atoms with E-state index in [1.165, 1.54) is 0 Å². The van der Waals surface area contributed by atoms with Crippen molar-refractivity contribution in [3.8, 4) is 5.75 Å². The quantitative estimate of drug-likeness (QED) is 0.525. The zero-order chi connectivity index (χ0) is 23.8. The lowest BCUT2D eigenvalue weighted by atomic mass is 9.78. The van der Waals surface area contributed by atoms with Crippen molar-refractivity contribution in [2.75, 3.05) is 20.2 Å². The highest BCUT2D eigenvalue weighted by molar-refractivity contribution is 7.47. The molecule has 1 saturated carbocycles. The summed E-state index contributed by atoms with van der Waals surface area (Å²) in [6, 6.07) is 17.3. The summed E-state index contributed by atoms with van der Waals surface area (Å²) < 4.78 is 9.33. The maximum atomic E-state index is 13.2. The molecule has 176 valence electrons. The lowest BCUT2D eigenvalue weighted by Crippen LogP contribution is -2.59. The summed E-state index contributed by atoms with van der Waals surface area (Å²) in [7, 11) is 1.57. The normalized spacial score (nSPS) is 19.4. The molecule has 1 fully saturated rings. The number of urea groups is 1. The van der Waals surface area contributed by atoms with Crippen LogP contribution in [0.25, 0.3) is 0 Å². The molecule has 0 heterocycles. The zero-order valence-corrected chi connectivity index (χ0v) is 20.5. The number of benzene rings is 2. The summed E-state index contributed by atoms with van der Waals surface area (Å²) in [6.07, 6.45) is 3.63. The van der Waals surface area contributed by atoms with E-state index in [0.29, 0.717) is 28.9 Å². The van der Waals surface area contributed by atoms with Gasteiger partial charge in [-0.3, -0.25) is 4.79 Å². The molecule has 1 unspecified atom stereocenters. The van der Waals surface area contributed by atoms with Gasteiger partial charge < -0.3 is 10.1 Å². The molecule has 2 aromatic carbocycles. The van der Waals surface area contributed by atoms with Crippen LogP contribution in [0.15, 0.2) is 59.0 Å². The fourth-order valence-electron chi connectivity index (χ4n) is 5.36. The van der Waals surface area contributed by atoms with E-state index in [0.717, 1.165) is 31.2 Å². The molecule has 2 aromatic rings. The van der Waals surface area contributed by atoms with Crippen molar-refractivity contribution in [3.63, 3.8) is 0 Å².